The van der Waals surface area contributed by atoms with Gasteiger partial charge in [0.1, 0.15) is 0 Å². The minimum atomic E-state index is -0.182. The summed E-state index contributed by atoms with van der Waals surface area (Å²) in [4.78, 5) is 13.0. The Hall–Kier alpha value is -0.770. The lowest BCUT2D eigenvalue weighted by Crippen LogP contribution is -2.16. The van der Waals surface area contributed by atoms with Crippen molar-refractivity contribution in [1.29, 1.82) is 0 Å². The number of carbonyl (C=O) groups excluding carboxylic acids is 1. The van der Waals surface area contributed by atoms with E-state index in [1.54, 1.807) is 4.90 Å². The Kier molecular flexibility index (Phi) is 1.92. The van der Waals surface area contributed by atoms with Crippen molar-refractivity contribution in [3.05, 3.63) is 0 Å². The van der Waals surface area contributed by atoms with Gasteiger partial charge >= 0.3 is 6.09 Å². The molecule has 0 aromatic rings. The molecule has 2 rings (SSSR count). The molecular weight excluding hydrogens is 158 g/mol. The third-order valence-electron chi connectivity index (χ3n) is 2.39. The summed E-state index contributed by atoms with van der Waals surface area (Å²) in [7, 11) is 0. The summed E-state index contributed by atoms with van der Waals surface area (Å²) in [5, 5.41) is 0. The lowest BCUT2D eigenvalue weighted by Gasteiger charge is -2.04. The summed E-state index contributed by atoms with van der Waals surface area (Å²) in [6.45, 7) is 3.73. The highest BCUT2D eigenvalue weighted by molar-refractivity contribution is 5.72. The molecule has 4 nitrogen and oxygen atoms in total. The van der Waals surface area contributed by atoms with E-state index in [-0.39, 0.29) is 6.09 Å². The van der Waals surface area contributed by atoms with Crippen molar-refractivity contribution >= 4 is 6.09 Å². The zero-order valence-electron chi connectivity index (χ0n) is 7.16. The molecule has 1 amide bonds. The van der Waals surface area contributed by atoms with Crippen LogP contribution in [0.25, 0.3) is 0 Å². The third kappa shape index (κ3) is 1.16. The SMILES string of the molecule is CCOC(=O)N1[C@@H]2COCC[C@@H]21. The van der Waals surface area contributed by atoms with E-state index in [9.17, 15) is 4.79 Å². The minimum absolute atomic E-state index is 0.182. The van der Waals surface area contributed by atoms with E-state index in [1.807, 2.05) is 6.92 Å². The van der Waals surface area contributed by atoms with E-state index >= 15 is 0 Å². The number of ether oxygens (including phenoxy) is 2. The summed E-state index contributed by atoms with van der Waals surface area (Å²) in [5.41, 5.74) is 0. The molecule has 0 saturated carbocycles. The number of amides is 1. The van der Waals surface area contributed by atoms with Gasteiger partial charge in [0.2, 0.25) is 0 Å². The molecule has 0 spiro atoms. The normalized spacial score (nSPS) is 32.6. The van der Waals surface area contributed by atoms with Crippen molar-refractivity contribution in [3.63, 3.8) is 0 Å². The molecule has 2 fully saturated rings. The van der Waals surface area contributed by atoms with Gasteiger partial charge in [0.05, 0.1) is 25.3 Å². The Morgan fingerprint density at radius 1 is 1.67 bits per heavy atom. The Bertz CT molecular complexity index is 183. The summed E-state index contributed by atoms with van der Waals surface area (Å²) in [6.07, 6.45) is 0.779. The van der Waals surface area contributed by atoms with Crippen LogP contribution in [0.2, 0.25) is 0 Å². The van der Waals surface area contributed by atoms with Gasteiger partial charge in [0.25, 0.3) is 0 Å². The summed E-state index contributed by atoms with van der Waals surface area (Å²) < 4.78 is 10.1. The third-order valence-corrected chi connectivity index (χ3v) is 2.39. The van der Waals surface area contributed by atoms with E-state index in [0.29, 0.717) is 25.3 Å². The van der Waals surface area contributed by atoms with Crippen molar-refractivity contribution in [1.82, 2.24) is 4.90 Å². The first kappa shape index (κ1) is 7.86. The van der Waals surface area contributed by atoms with Crippen LogP contribution in [0.15, 0.2) is 0 Å². The highest BCUT2D eigenvalue weighted by atomic mass is 16.6. The van der Waals surface area contributed by atoms with Crippen LogP contribution in [0.3, 0.4) is 0 Å². The van der Waals surface area contributed by atoms with Gasteiger partial charge < -0.3 is 9.47 Å². The van der Waals surface area contributed by atoms with Crippen molar-refractivity contribution < 1.29 is 14.3 Å². The molecular formula is C8H13NO3. The average Bonchev–Trinajstić information content (AvgIpc) is 2.78. The molecule has 0 aliphatic carbocycles. The van der Waals surface area contributed by atoms with E-state index in [4.69, 9.17) is 9.47 Å². The first-order valence-electron chi connectivity index (χ1n) is 4.37. The van der Waals surface area contributed by atoms with Crippen molar-refractivity contribution in [2.45, 2.75) is 25.4 Å². The van der Waals surface area contributed by atoms with E-state index in [0.717, 1.165) is 13.0 Å². The lowest BCUT2D eigenvalue weighted by molar-refractivity contribution is 0.110. The zero-order valence-corrected chi connectivity index (χ0v) is 7.16. The molecule has 4 heteroatoms. The number of rotatable bonds is 1. The Morgan fingerprint density at radius 3 is 3.08 bits per heavy atom. The van der Waals surface area contributed by atoms with Crippen LogP contribution in [-0.4, -0.2) is 42.9 Å². The van der Waals surface area contributed by atoms with Crippen LogP contribution < -0.4 is 0 Å². The maximum Gasteiger partial charge on any atom is 0.410 e. The van der Waals surface area contributed by atoms with Gasteiger partial charge in [-0.05, 0) is 13.3 Å². The van der Waals surface area contributed by atoms with Gasteiger partial charge in [-0.3, -0.25) is 4.90 Å². The molecule has 0 N–H and O–H groups in total. The summed E-state index contributed by atoms with van der Waals surface area (Å²) in [5.74, 6) is 0. The molecule has 0 unspecified atom stereocenters. The number of fused-ring (bicyclic) bond motifs is 1. The summed E-state index contributed by atoms with van der Waals surface area (Å²) >= 11 is 0. The van der Waals surface area contributed by atoms with Gasteiger partial charge in [-0.1, -0.05) is 0 Å². The fourth-order valence-corrected chi connectivity index (χ4v) is 1.73. The Balaban J connectivity index is 1.87. The molecule has 2 aliphatic heterocycles. The van der Waals surface area contributed by atoms with E-state index in [1.165, 1.54) is 0 Å². The molecule has 0 bridgehead atoms. The fraction of sp³-hybridized carbons (Fsp3) is 0.875. The number of nitrogens with zero attached hydrogens (tertiary/aromatic N) is 1. The molecule has 0 aromatic carbocycles. The number of carbonyl (C=O) groups is 1. The van der Waals surface area contributed by atoms with E-state index in [2.05, 4.69) is 0 Å². The number of hydrogen-bond donors (Lipinski definition) is 0. The quantitative estimate of drug-likeness (QED) is 0.543. The molecule has 12 heavy (non-hydrogen) atoms. The maximum atomic E-state index is 11.2. The standard InChI is InChI=1S/C8H13NO3/c1-2-12-8(10)9-6-3-4-11-5-7(6)9/h6-7H,2-5H2,1H3/t6-,7+,9?/m0/s1. The van der Waals surface area contributed by atoms with Gasteiger partial charge in [0.15, 0.2) is 0 Å². The van der Waals surface area contributed by atoms with E-state index < -0.39 is 0 Å². The van der Waals surface area contributed by atoms with Crippen LogP contribution in [0.1, 0.15) is 13.3 Å². The van der Waals surface area contributed by atoms with Crippen LogP contribution in [0.4, 0.5) is 4.79 Å². The molecule has 2 saturated heterocycles. The first-order valence-corrected chi connectivity index (χ1v) is 4.37. The number of hydrogen-bond acceptors (Lipinski definition) is 3. The topological polar surface area (TPSA) is 38.5 Å². The second-order valence-electron chi connectivity index (χ2n) is 3.10. The molecule has 2 atom stereocenters. The highest BCUT2D eigenvalue weighted by Crippen LogP contribution is 2.34. The van der Waals surface area contributed by atoms with Gasteiger partial charge in [-0.2, -0.15) is 0 Å². The largest absolute Gasteiger partial charge is 0.450 e. The Morgan fingerprint density at radius 2 is 2.50 bits per heavy atom. The van der Waals surface area contributed by atoms with Crippen LogP contribution in [-0.2, 0) is 9.47 Å². The smallest absolute Gasteiger partial charge is 0.410 e. The van der Waals surface area contributed by atoms with Crippen molar-refractivity contribution in [3.8, 4) is 0 Å². The lowest BCUT2D eigenvalue weighted by atomic mass is 10.2. The van der Waals surface area contributed by atoms with Crippen molar-refractivity contribution in [2.75, 3.05) is 19.8 Å². The van der Waals surface area contributed by atoms with Crippen LogP contribution in [0.5, 0.6) is 0 Å². The summed E-state index contributed by atoms with van der Waals surface area (Å²) in [6, 6.07) is 0.704. The molecule has 68 valence electrons. The van der Waals surface area contributed by atoms with Crippen LogP contribution >= 0.6 is 0 Å². The molecule has 0 aromatic heterocycles. The monoisotopic (exact) mass is 171 g/mol. The predicted molar refractivity (Wildman–Crippen MR) is 41.9 cm³/mol. The van der Waals surface area contributed by atoms with Crippen LogP contribution in [0, 0.1) is 0 Å². The van der Waals surface area contributed by atoms with Gasteiger partial charge in [-0.25, -0.2) is 4.79 Å². The maximum absolute atomic E-state index is 11.2. The second-order valence-corrected chi connectivity index (χ2v) is 3.10. The van der Waals surface area contributed by atoms with Gasteiger partial charge in [0, 0.05) is 6.61 Å². The van der Waals surface area contributed by atoms with Gasteiger partial charge in [-0.15, -0.1) is 0 Å². The average molecular weight is 171 g/mol. The van der Waals surface area contributed by atoms with Crippen molar-refractivity contribution in [2.24, 2.45) is 0 Å². The molecule has 2 aliphatic rings. The molecule has 2 heterocycles. The molecule has 0 radical (unpaired) electrons. The zero-order chi connectivity index (χ0) is 8.55. The second kappa shape index (κ2) is 2.94. The Labute approximate surface area is 71.4 Å². The predicted octanol–water partition coefficient (Wildman–Crippen LogP) is 0.616. The highest BCUT2D eigenvalue weighted by Gasteiger charge is 2.53. The first-order chi connectivity index (χ1) is 5.84. The minimum Gasteiger partial charge on any atom is -0.450 e. The fourth-order valence-electron chi connectivity index (χ4n) is 1.73.